The molecule has 0 aliphatic heterocycles. The van der Waals surface area contributed by atoms with Gasteiger partial charge >= 0.3 is 0 Å². The number of Topliss-reactive ketones (excluding diaryl/α,β-unsaturated/α-hetero) is 2. The number of ketones is 2. The molecule has 0 bridgehead atoms. The summed E-state index contributed by atoms with van der Waals surface area (Å²) >= 11 is 0. The molecular weight excluding hydrogens is 913 g/mol. The third-order valence-corrected chi connectivity index (χ3v) is 12.7. The van der Waals surface area contributed by atoms with Crippen LogP contribution in [-0.2, 0) is 37.8 Å². The number of anilines is 4. The Morgan fingerprint density at radius 1 is 0.583 bits per heavy atom. The zero-order chi connectivity index (χ0) is 50.6. The van der Waals surface area contributed by atoms with E-state index in [9.17, 15) is 9.59 Å². The van der Waals surface area contributed by atoms with Gasteiger partial charge in [0.15, 0.2) is 0 Å². The van der Waals surface area contributed by atoms with E-state index in [1.54, 1.807) is 34.2 Å². The standard InChI is InChI=1S/2C26H30N8O2/c2*1-26(2,3)24-32-23(33-36-24)22(35)12-17-8-6-5-7-16-11-21(28-14-19(16)17)20-9-10-27-25(31-20)30-18-13-29-34(4)15-18/h2*9-11,13-15,17H,5-8,12H2,1-4H3,(H,27,30,31)/t2*17-/m10/s1. The number of carbonyl (C=O) groups is 2. The minimum atomic E-state index is -0.296. The molecule has 2 atom stereocenters. The molecule has 0 fully saturated rings. The summed E-state index contributed by atoms with van der Waals surface area (Å²) < 4.78 is 14.1. The molecule has 2 N–H and O–H groups in total. The lowest BCUT2D eigenvalue weighted by Crippen LogP contribution is -2.13. The first-order valence-electron chi connectivity index (χ1n) is 24.4. The maximum absolute atomic E-state index is 13.0. The highest BCUT2D eigenvalue weighted by Gasteiger charge is 2.30. The van der Waals surface area contributed by atoms with E-state index in [4.69, 9.17) is 19.0 Å². The molecule has 8 aromatic rings. The highest BCUT2D eigenvalue weighted by molar-refractivity contribution is 5.93. The largest absolute Gasteiger partial charge is 0.338 e. The number of fused-ring (bicyclic) bond motifs is 2. The molecule has 372 valence electrons. The van der Waals surface area contributed by atoms with Gasteiger partial charge in [0.05, 0.1) is 46.5 Å². The van der Waals surface area contributed by atoms with Crippen LogP contribution in [0.5, 0.6) is 0 Å². The summed E-state index contributed by atoms with van der Waals surface area (Å²) in [7, 11) is 3.71. The molecule has 72 heavy (non-hydrogen) atoms. The first-order chi connectivity index (χ1) is 34.5. The second kappa shape index (κ2) is 20.8. The van der Waals surface area contributed by atoms with Gasteiger partial charge in [-0.25, -0.2) is 19.9 Å². The molecule has 2 aliphatic carbocycles. The van der Waals surface area contributed by atoms with Crippen LogP contribution >= 0.6 is 0 Å². The van der Waals surface area contributed by atoms with Gasteiger partial charge in [-0.3, -0.25) is 28.9 Å². The number of hydrogen-bond acceptors (Lipinski definition) is 18. The minimum absolute atomic E-state index is 0.0707. The van der Waals surface area contributed by atoms with Gasteiger partial charge in [-0.15, -0.1) is 0 Å². The van der Waals surface area contributed by atoms with E-state index in [1.807, 2.05) is 92.6 Å². The van der Waals surface area contributed by atoms with Crippen molar-refractivity contribution >= 4 is 34.8 Å². The van der Waals surface area contributed by atoms with Crippen LogP contribution in [0.2, 0.25) is 0 Å². The second-order valence-electron chi connectivity index (χ2n) is 20.6. The van der Waals surface area contributed by atoms with Crippen molar-refractivity contribution < 1.29 is 18.6 Å². The predicted molar refractivity (Wildman–Crippen MR) is 268 cm³/mol. The number of rotatable bonds is 12. The third-order valence-electron chi connectivity index (χ3n) is 12.7. The summed E-state index contributed by atoms with van der Waals surface area (Å²) in [4.78, 5) is 62.1. The van der Waals surface area contributed by atoms with E-state index < -0.39 is 0 Å². The van der Waals surface area contributed by atoms with Crippen LogP contribution < -0.4 is 10.6 Å². The summed E-state index contributed by atoms with van der Waals surface area (Å²) in [5, 5.41) is 22.5. The molecule has 20 nitrogen and oxygen atoms in total. The molecule has 8 heterocycles. The molecule has 0 spiro atoms. The van der Waals surface area contributed by atoms with Crippen LogP contribution in [0, 0.1) is 0 Å². The normalized spacial score (nSPS) is 15.8. The number of hydrogen-bond donors (Lipinski definition) is 2. The average Bonchev–Trinajstić information content (AvgIpc) is 4.17. The number of aryl methyl sites for hydroxylation is 4. The Hall–Kier alpha value is -7.90. The van der Waals surface area contributed by atoms with E-state index in [0.29, 0.717) is 36.5 Å². The molecule has 0 unspecified atom stereocenters. The van der Waals surface area contributed by atoms with Crippen molar-refractivity contribution in [2.75, 3.05) is 10.6 Å². The van der Waals surface area contributed by atoms with Gasteiger partial charge in [0.1, 0.15) is 0 Å². The summed E-state index contributed by atoms with van der Waals surface area (Å²) in [6.45, 7) is 11.9. The Morgan fingerprint density at radius 3 is 1.39 bits per heavy atom. The van der Waals surface area contributed by atoms with Crippen molar-refractivity contribution in [3.8, 4) is 22.8 Å². The Balaban J connectivity index is 0.000000178. The van der Waals surface area contributed by atoms with Crippen LogP contribution in [0.25, 0.3) is 22.8 Å². The first-order valence-corrected chi connectivity index (χ1v) is 24.4. The van der Waals surface area contributed by atoms with Crippen molar-refractivity contribution in [2.45, 2.75) is 128 Å². The molecule has 8 aromatic heterocycles. The Bertz CT molecular complexity index is 2980. The lowest BCUT2D eigenvalue weighted by atomic mass is 9.89. The zero-order valence-electron chi connectivity index (χ0n) is 42.0. The molecule has 2 aliphatic rings. The van der Waals surface area contributed by atoms with Crippen molar-refractivity contribution in [1.82, 2.24) is 69.7 Å². The Labute approximate surface area is 417 Å². The summed E-state index contributed by atoms with van der Waals surface area (Å²) in [6, 6.07) is 7.90. The van der Waals surface area contributed by atoms with E-state index in [0.717, 1.165) is 96.6 Å². The van der Waals surface area contributed by atoms with Crippen LogP contribution in [0.3, 0.4) is 0 Å². The smallest absolute Gasteiger partial charge is 0.238 e. The molecule has 0 aromatic carbocycles. The van der Waals surface area contributed by atoms with Crippen molar-refractivity contribution in [1.29, 1.82) is 0 Å². The lowest BCUT2D eigenvalue weighted by Gasteiger charge is -2.17. The van der Waals surface area contributed by atoms with Gasteiger partial charge in [0, 0.05) is 74.9 Å². The third kappa shape index (κ3) is 11.8. The van der Waals surface area contributed by atoms with E-state index in [1.165, 1.54) is 11.1 Å². The van der Waals surface area contributed by atoms with Crippen LogP contribution in [-0.4, -0.2) is 81.3 Å². The summed E-state index contributed by atoms with van der Waals surface area (Å²) in [5.74, 6) is 2.17. The minimum Gasteiger partial charge on any atom is -0.338 e. The maximum Gasteiger partial charge on any atom is 0.238 e. The first kappa shape index (κ1) is 49.1. The molecule has 10 rings (SSSR count). The van der Waals surface area contributed by atoms with Crippen LogP contribution in [0.15, 0.2) is 82.9 Å². The number of pyridine rings is 2. The fraction of sp³-hybridized carbons (Fsp3) is 0.423. The van der Waals surface area contributed by atoms with Gasteiger partial charge < -0.3 is 19.7 Å². The van der Waals surface area contributed by atoms with Gasteiger partial charge in [-0.2, -0.15) is 20.2 Å². The van der Waals surface area contributed by atoms with Crippen molar-refractivity contribution in [2.24, 2.45) is 14.1 Å². The molecule has 0 saturated heterocycles. The van der Waals surface area contributed by atoms with Crippen molar-refractivity contribution in [3.05, 3.63) is 120 Å². The van der Waals surface area contributed by atoms with Crippen LogP contribution in [0.1, 0.15) is 160 Å². The van der Waals surface area contributed by atoms with Gasteiger partial charge in [0.2, 0.25) is 46.9 Å². The SMILES string of the molecule is Cn1cc(Nc2nccc(-c3cc4c(cn3)[C@@H](CC(=O)c3noc(C(C)(C)C)n3)CCCC4)n2)cn1.Cn1cc(Nc2nccc(-c3cc4c(cn3)[C@H](CC(=O)c3noc(C(C)(C)C)n3)CCCC4)n2)cn1. The molecular formula is C52H60N16O4. The molecule has 0 saturated carbocycles. The highest BCUT2D eigenvalue weighted by atomic mass is 16.5. The second-order valence-corrected chi connectivity index (χ2v) is 20.6. The lowest BCUT2D eigenvalue weighted by molar-refractivity contribution is 0.0951. The maximum atomic E-state index is 13.0. The quantitative estimate of drug-likeness (QED) is 0.0854. The molecule has 0 radical (unpaired) electrons. The Kier molecular flexibility index (Phi) is 14.2. The summed E-state index contributed by atoms with van der Waals surface area (Å²) in [6.07, 6.45) is 23.0. The van der Waals surface area contributed by atoms with E-state index >= 15 is 0 Å². The number of nitrogens with zero attached hydrogens (tertiary/aromatic N) is 14. The van der Waals surface area contributed by atoms with E-state index in [-0.39, 0.29) is 45.9 Å². The zero-order valence-corrected chi connectivity index (χ0v) is 42.0. The van der Waals surface area contributed by atoms with Crippen molar-refractivity contribution in [3.63, 3.8) is 0 Å². The molecule has 0 amide bonds. The predicted octanol–water partition coefficient (Wildman–Crippen LogP) is 9.56. The monoisotopic (exact) mass is 972 g/mol. The average molecular weight is 973 g/mol. The van der Waals surface area contributed by atoms with Crippen LogP contribution in [0.4, 0.5) is 23.3 Å². The topological polar surface area (TPSA) is 249 Å². The summed E-state index contributed by atoms with van der Waals surface area (Å²) in [5.41, 5.74) is 8.72. The van der Waals surface area contributed by atoms with Gasteiger partial charge in [-0.1, -0.05) is 64.7 Å². The fourth-order valence-corrected chi connectivity index (χ4v) is 8.88. The number of nitrogens with one attached hydrogen (secondary N) is 2. The number of aromatic nitrogens is 14. The Morgan fingerprint density at radius 2 is 1.01 bits per heavy atom. The fourth-order valence-electron chi connectivity index (χ4n) is 8.88. The van der Waals surface area contributed by atoms with Gasteiger partial charge in [-0.05, 0) is 96.9 Å². The van der Waals surface area contributed by atoms with Gasteiger partial charge in [0.25, 0.3) is 0 Å². The van der Waals surface area contributed by atoms with E-state index in [2.05, 4.69) is 73.2 Å². The highest BCUT2D eigenvalue weighted by Crippen LogP contribution is 2.37. The number of carbonyl (C=O) groups excluding carboxylic acids is 2. The molecule has 20 heteroatoms.